The van der Waals surface area contributed by atoms with E-state index in [2.05, 4.69) is 20.8 Å². The van der Waals surface area contributed by atoms with Gasteiger partial charge in [0.1, 0.15) is 5.78 Å². The molecule has 4 aliphatic rings. The number of carbonyl (C=O) groups is 1. The summed E-state index contributed by atoms with van der Waals surface area (Å²) in [5.74, 6) is 0.538. The van der Waals surface area contributed by atoms with Crippen LogP contribution in [-0.4, -0.2) is 24.8 Å². The summed E-state index contributed by atoms with van der Waals surface area (Å²) < 4.78 is 12.4. The van der Waals surface area contributed by atoms with Crippen LogP contribution in [0.25, 0.3) is 0 Å². The highest BCUT2D eigenvalue weighted by atomic mass is 16.7. The average Bonchev–Trinajstić information content (AvgIpc) is 2.85. The molecule has 3 aliphatic carbocycles. The van der Waals surface area contributed by atoms with Gasteiger partial charge < -0.3 is 9.47 Å². The molecule has 124 valence electrons. The van der Waals surface area contributed by atoms with Crippen LogP contribution >= 0.6 is 0 Å². The van der Waals surface area contributed by atoms with Crippen LogP contribution in [-0.2, 0) is 14.3 Å². The summed E-state index contributed by atoms with van der Waals surface area (Å²) in [5.41, 5.74) is 0.475. The van der Waals surface area contributed by atoms with Crippen molar-refractivity contribution < 1.29 is 14.3 Å². The SMILES string of the molecule is CC12CCC(=O)C(C1OC1CCCCO1)C1(C)CCCC21C. The van der Waals surface area contributed by atoms with Gasteiger partial charge in [-0.15, -0.1) is 0 Å². The molecule has 0 aromatic rings. The van der Waals surface area contributed by atoms with Gasteiger partial charge >= 0.3 is 0 Å². The molecule has 22 heavy (non-hydrogen) atoms. The summed E-state index contributed by atoms with van der Waals surface area (Å²) in [5, 5.41) is 0. The molecule has 6 unspecified atom stereocenters. The fraction of sp³-hybridized carbons (Fsp3) is 0.947. The van der Waals surface area contributed by atoms with E-state index in [-0.39, 0.29) is 34.6 Å². The van der Waals surface area contributed by atoms with Crippen LogP contribution in [0, 0.1) is 22.2 Å². The van der Waals surface area contributed by atoms with Gasteiger partial charge in [-0.1, -0.05) is 27.2 Å². The van der Waals surface area contributed by atoms with Crippen molar-refractivity contribution in [3.05, 3.63) is 0 Å². The van der Waals surface area contributed by atoms with Gasteiger partial charge in [0.2, 0.25) is 0 Å². The molecule has 2 bridgehead atoms. The molecule has 0 radical (unpaired) electrons. The van der Waals surface area contributed by atoms with E-state index in [0.29, 0.717) is 5.78 Å². The molecule has 0 aromatic carbocycles. The first kappa shape index (κ1) is 15.1. The second kappa shape index (κ2) is 4.80. The third kappa shape index (κ3) is 1.67. The van der Waals surface area contributed by atoms with Crippen molar-refractivity contribution in [1.29, 1.82) is 0 Å². The molecule has 1 aliphatic heterocycles. The zero-order valence-corrected chi connectivity index (χ0v) is 14.3. The van der Waals surface area contributed by atoms with Crippen LogP contribution in [0.15, 0.2) is 0 Å². The molecule has 3 saturated carbocycles. The Balaban J connectivity index is 1.70. The number of hydrogen-bond acceptors (Lipinski definition) is 3. The number of ether oxygens (including phenoxy) is 2. The van der Waals surface area contributed by atoms with Crippen molar-refractivity contribution in [1.82, 2.24) is 0 Å². The van der Waals surface area contributed by atoms with Crippen LogP contribution in [0.4, 0.5) is 0 Å². The molecule has 4 rings (SSSR count). The monoisotopic (exact) mass is 306 g/mol. The van der Waals surface area contributed by atoms with Crippen molar-refractivity contribution in [2.24, 2.45) is 22.2 Å². The van der Waals surface area contributed by atoms with Gasteiger partial charge in [0, 0.05) is 18.4 Å². The first-order valence-electron chi connectivity index (χ1n) is 9.22. The highest BCUT2D eigenvalue weighted by Crippen LogP contribution is 2.76. The van der Waals surface area contributed by atoms with Crippen molar-refractivity contribution in [2.75, 3.05) is 6.61 Å². The lowest BCUT2D eigenvalue weighted by molar-refractivity contribution is -0.225. The number of Topliss-reactive ketones (excluding diaryl/α,β-unsaturated/α-hetero) is 1. The Hall–Kier alpha value is -0.410. The third-order valence-corrected chi connectivity index (χ3v) is 8.18. The summed E-state index contributed by atoms with van der Waals surface area (Å²) in [6, 6.07) is 0. The van der Waals surface area contributed by atoms with E-state index in [9.17, 15) is 4.79 Å². The van der Waals surface area contributed by atoms with Gasteiger partial charge in [0.25, 0.3) is 0 Å². The maximum absolute atomic E-state index is 12.8. The fourth-order valence-corrected chi connectivity index (χ4v) is 6.51. The highest BCUT2D eigenvalue weighted by molar-refractivity contribution is 5.85. The third-order valence-electron chi connectivity index (χ3n) is 8.18. The Bertz CT molecular complexity index is 483. The van der Waals surface area contributed by atoms with E-state index in [1.54, 1.807) is 0 Å². The summed E-state index contributed by atoms with van der Waals surface area (Å²) in [4.78, 5) is 12.8. The van der Waals surface area contributed by atoms with Gasteiger partial charge in [-0.25, -0.2) is 0 Å². The second-order valence-corrected chi connectivity index (χ2v) is 8.82. The van der Waals surface area contributed by atoms with E-state index in [4.69, 9.17) is 9.47 Å². The Kier molecular flexibility index (Phi) is 3.30. The number of hydrogen-bond donors (Lipinski definition) is 0. The average molecular weight is 306 g/mol. The minimum atomic E-state index is -0.0856. The van der Waals surface area contributed by atoms with E-state index in [1.165, 1.54) is 25.7 Å². The van der Waals surface area contributed by atoms with Crippen LogP contribution in [0.2, 0.25) is 0 Å². The van der Waals surface area contributed by atoms with Gasteiger partial charge in [0.15, 0.2) is 6.29 Å². The molecule has 4 fully saturated rings. The van der Waals surface area contributed by atoms with Crippen molar-refractivity contribution in [3.63, 3.8) is 0 Å². The molecule has 6 atom stereocenters. The zero-order chi connectivity index (χ0) is 15.6. The van der Waals surface area contributed by atoms with Crippen molar-refractivity contribution in [3.8, 4) is 0 Å². The molecule has 0 amide bonds. The van der Waals surface area contributed by atoms with Crippen molar-refractivity contribution >= 4 is 5.78 Å². The lowest BCUT2D eigenvalue weighted by Gasteiger charge is -2.47. The zero-order valence-electron chi connectivity index (χ0n) is 14.3. The maximum Gasteiger partial charge on any atom is 0.158 e. The van der Waals surface area contributed by atoms with Crippen LogP contribution in [0.5, 0.6) is 0 Å². The summed E-state index contributed by atoms with van der Waals surface area (Å²) >= 11 is 0. The maximum atomic E-state index is 12.8. The van der Waals surface area contributed by atoms with Gasteiger partial charge in [-0.05, 0) is 49.4 Å². The Labute approximate surface area is 134 Å². The predicted octanol–water partition coefficient (Wildman–Crippen LogP) is 4.09. The number of carbonyl (C=O) groups excluding carboxylic acids is 1. The predicted molar refractivity (Wildman–Crippen MR) is 84.4 cm³/mol. The van der Waals surface area contributed by atoms with Gasteiger partial charge in [-0.2, -0.15) is 0 Å². The molecule has 3 nitrogen and oxygen atoms in total. The van der Waals surface area contributed by atoms with E-state index in [1.807, 2.05) is 0 Å². The van der Waals surface area contributed by atoms with Crippen molar-refractivity contribution in [2.45, 2.75) is 84.5 Å². The van der Waals surface area contributed by atoms with Crippen LogP contribution in [0.3, 0.4) is 0 Å². The van der Waals surface area contributed by atoms with Crippen LogP contribution < -0.4 is 0 Å². The molecule has 0 aromatic heterocycles. The summed E-state index contributed by atoms with van der Waals surface area (Å²) in [6.07, 6.45) is 8.71. The first-order valence-corrected chi connectivity index (χ1v) is 9.22. The molecule has 1 heterocycles. The normalized spacial score (nSPS) is 54.5. The topological polar surface area (TPSA) is 35.5 Å². The quantitative estimate of drug-likeness (QED) is 0.770. The number of ketones is 1. The van der Waals surface area contributed by atoms with E-state index >= 15 is 0 Å². The first-order chi connectivity index (χ1) is 10.4. The smallest absolute Gasteiger partial charge is 0.158 e. The highest BCUT2D eigenvalue weighted by Gasteiger charge is 2.75. The number of fused-ring (bicyclic) bond motifs is 5. The van der Waals surface area contributed by atoms with Gasteiger partial charge in [0.05, 0.1) is 12.0 Å². The molecular formula is C19H30O3. The lowest BCUT2D eigenvalue weighted by Crippen LogP contribution is -2.48. The molecule has 1 saturated heterocycles. The van der Waals surface area contributed by atoms with E-state index < -0.39 is 0 Å². The van der Waals surface area contributed by atoms with Gasteiger partial charge in [-0.3, -0.25) is 4.79 Å². The molecule has 0 N–H and O–H groups in total. The fourth-order valence-electron chi connectivity index (χ4n) is 6.51. The number of rotatable bonds is 2. The molecule has 0 spiro atoms. The van der Waals surface area contributed by atoms with E-state index in [0.717, 1.165) is 32.3 Å². The molecular weight excluding hydrogens is 276 g/mol. The minimum Gasteiger partial charge on any atom is -0.353 e. The molecule has 3 heteroatoms. The summed E-state index contributed by atoms with van der Waals surface area (Å²) in [7, 11) is 0. The Morgan fingerprint density at radius 2 is 1.86 bits per heavy atom. The minimum absolute atomic E-state index is 0.0622. The summed E-state index contributed by atoms with van der Waals surface area (Å²) in [6.45, 7) is 8.02. The second-order valence-electron chi connectivity index (χ2n) is 8.82. The standard InChI is InChI=1S/C19H30O3/c1-17-9-6-10-19(17,3)18(2)11-8-13(20)15(17)16(18)22-14-7-4-5-12-21-14/h14-16H,4-12H2,1-3H3. The Morgan fingerprint density at radius 3 is 2.59 bits per heavy atom. The largest absolute Gasteiger partial charge is 0.353 e. The lowest BCUT2D eigenvalue weighted by atomic mass is 9.59. The Morgan fingerprint density at radius 1 is 1.05 bits per heavy atom. The van der Waals surface area contributed by atoms with Crippen LogP contribution in [0.1, 0.15) is 72.1 Å².